The van der Waals surface area contributed by atoms with E-state index in [-0.39, 0.29) is 6.04 Å². The summed E-state index contributed by atoms with van der Waals surface area (Å²) in [5.41, 5.74) is 11.7. The van der Waals surface area contributed by atoms with Gasteiger partial charge in [0.2, 0.25) is 0 Å². The van der Waals surface area contributed by atoms with E-state index in [0.717, 1.165) is 19.3 Å². The maximum Gasteiger partial charge on any atom is 0.0120 e. The van der Waals surface area contributed by atoms with Gasteiger partial charge in [0.25, 0.3) is 0 Å². The zero-order valence-corrected chi connectivity index (χ0v) is 13.5. The van der Waals surface area contributed by atoms with Crippen LogP contribution < -0.4 is 5.73 Å². The van der Waals surface area contributed by atoms with Gasteiger partial charge < -0.3 is 5.73 Å². The molecule has 1 heteroatoms. The SMILES string of the molecule is CCc1ccc(CC(N)Cc2ccc(C(C)C)cc2)cc1. The molecule has 0 aromatic heterocycles. The van der Waals surface area contributed by atoms with Gasteiger partial charge in [-0.3, -0.25) is 0 Å². The molecule has 0 aliphatic heterocycles. The first kappa shape index (κ1) is 15.8. The molecular weight excluding hydrogens is 254 g/mol. The summed E-state index contributed by atoms with van der Waals surface area (Å²) < 4.78 is 0. The predicted octanol–water partition coefficient (Wildman–Crippen LogP) is 4.48. The molecule has 0 amide bonds. The fraction of sp³-hybridized carbons (Fsp3) is 0.400. The first-order valence-corrected chi connectivity index (χ1v) is 8.00. The van der Waals surface area contributed by atoms with Gasteiger partial charge in [-0.2, -0.15) is 0 Å². The molecule has 112 valence electrons. The first-order chi connectivity index (χ1) is 10.1. The summed E-state index contributed by atoms with van der Waals surface area (Å²) in [4.78, 5) is 0. The zero-order chi connectivity index (χ0) is 15.2. The largest absolute Gasteiger partial charge is 0.327 e. The molecule has 0 saturated carbocycles. The van der Waals surface area contributed by atoms with Gasteiger partial charge >= 0.3 is 0 Å². The molecule has 0 aliphatic rings. The Balaban J connectivity index is 1.92. The molecule has 0 spiro atoms. The van der Waals surface area contributed by atoms with Crippen molar-refractivity contribution in [2.45, 2.75) is 52.0 Å². The lowest BCUT2D eigenvalue weighted by atomic mass is 9.96. The Morgan fingerprint density at radius 3 is 1.62 bits per heavy atom. The van der Waals surface area contributed by atoms with Gasteiger partial charge in [-0.25, -0.2) is 0 Å². The molecular formula is C20H27N. The Morgan fingerprint density at radius 2 is 1.19 bits per heavy atom. The topological polar surface area (TPSA) is 26.0 Å². The Bertz CT molecular complexity index is 537. The minimum atomic E-state index is 0.183. The summed E-state index contributed by atoms with van der Waals surface area (Å²) >= 11 is 0. The van der Waals surface area contributed by atoms with Crippen LogP contribution in [-0.4, -0.2) is 6.04 Å². The van der Waals surface area contributed by atoms with Crippen LogP contribution in [0.5, 0.6) is 0 Å². The summed E-state index contributed by atoms with van der Waals surface area (Å²) in [5, 5.41) is 0. The van der Waals surface area contributed by atoms with E-state index >= 15 is 0 Å². The fourth-order valence-corrected chi connectivity index (χ4v) is 2.63. The Labute approximate surface area is 129 Å². The van der Waals surface area contributed by atoms with Crippen molar-refractivity contribution in [2.75, 3.05) is 0 Å². The van der Waals surface area contributed by atoms with Crippen molar-refractivity contribution in [1.82, 2.24) is 0 Å². The first-order valence-electron chi connectivity index (χ1n) is 8.00. The van der Waals surface area contributed by atoms with Crippen LogP contribution in [-0.2, 0) is 19.3 Å². The third kappa shape index (κ3) is 4.71. The van der Waals surface area contributed by atoms with Gasteiger partial charge in [0.05, 0.1) is 0 Å². The minimum Gasteiger partial charge on any atom is -0.327 e. The van der Waals surface area contributed by atoms with E-state index in [2.05, 4.69) is 69.3 Å². The second kappa shape index (κ2) is 7.42. The van der Waals surface area contributed by atoms with Crippen molar-refractivity contribution in [3.05, 3.63) is 70.8 Å². The van der Waals surface area contributed by atoms with Crippen LogP contribution in [0.2, 0.25) is 0 Å². The molecule has 2 rings (SSSR count). The third-order valence-electron chi connectivity index (χ3n) is 4.07. The lowest BCUT2D eigenvalue weighted by Gasteiger charge is -2.13. The van der Waals surface area contributed by atoms with E-state index in [1.807, 2.05) is 0 Å². The molecule has 2 N–H and O–H groups in total. The Kier molecular flexibility index (Phi) is 5.58. The number of aryl methyl sites for hydroxylation is 1. The lowest BCUT2D eigenvalue weighted by molar-refractivity contribution is 0.664. The molecule has 1 atom stereocenters. The van der Waals surface area contributed by atoms with Gasteiger partial charge in [0, 0.05) is 6.04 Å². The standard InChI is InChI=1S/C20H27N/c1-4-16-5-7-17(8-6-16)13-20(21)14-18-9-11-19(12-10-18)15(2)3/h5-12,15,20H,4,13-14,21H2,1-3H3. The van der Waals surface area contributed by atoms with Gasteiger partial charge in [-0.15, -0.1) is 0 Å². The molecule has 0 saturated heterocycles. The quantitative estimate of drug-likeness (QED) is 0.829. The molecule has 21 heavy (non-hydrogen) atoms. The molecule has 0 bridgehead atoms. The van der Waals surface area contributed by atoms with Crippen LogP contribution in [0.3, 0.4) is 0 Å². The molecule has 0 radical (unpaired) electrons. The molecule has 1 nitrogen and oxygen atoms in total. The monoisotopic (exact) mass is 281 g/mol. The van der Waals surface area contributed by atoms with Crippen molar-refractivity contribution in [2.24, 2.45) is 5.73 Å². The highest BCUT2D eigenvalue weighted by atomic mass is 14.6. The van der Waals surface area contributed by atoms with E-state index in [0.29, 0.717) is 5.92 Å². The van der Waals surface area contributed by atoms with Crippen molar-refractivity contribution >= 4 is 0 Å². The minimum absolute atomic E-state index is 0.183. The van der Waals surface area contributed by atoms with Crippen LogP contribution in [0.25, 0.3) is 0 Å². The van der Waals surface area contributed by atoms with Gasteiger partial charge in [0.15, 0.2) is 0 Å². The maximum absolute atomic E-state index is 6.31. The number of hydrogen-bond acceptors (Lipinski definition) is 1. The average molecular weight is 281 g/mol. The number of nitrogens with two attached hydrogens (primary N) is 1. The van der Waals surface area contributed by atoms with E-state index in [9.17, 15) is 0 Å². The van der Waals surface area contributed by atoms with Crippen LogP contribution >= 0.6 is 0 Å². The van der Waals surface area contributed by atoms with Crippen LogP contribution in [0, 0.1) is 0 Å². The van der Waals surface area contributed by atoms with Crippen LogP contribution in [0.4, 0.5) is 0 Å². The average Bonchev–Trinajstić information content (AvgIpc) is 2.48. The predicted molar refractivity (Wildman–Crippen MR) is 91.7 cm³/mol. The second-order valence-corrected chi connectivity index (χ2v) is 6.23. The van der Waals surface area contributed by atoms with Gasteiger partial charge in [-0.1, -0.05) is 69.3 Å². The summed E-state index contributed by atoms with van der Waals surface area (Å²) in [6.45, 7) is 6.63. The number of benzene rings is 2. The van der Waals surface area contributed by atoms with Crippen molar-refractivity contribution in [3.63, 3.8) is 0 Å². The van der Waals surface area contributed by atoms with Gasteiger partial charge in [-0.05, 0) is 47.4 Å². The summed E-state index contributed by atoms with van der Waals surface area (Å²) in [6, 6.07) is 17.9. The van der Waals surface area contributed by atoms with Crippen molar-refractivity contribution in [3.8, 4) is 0 Å². The van der Waals surface area contributed by atoms with Gasteiger partial charge in [0.1, 0.15) is 0 Å². The molecule has 1 unspecified atom stereocenters. The third-order valence-corrected chi connectivity index (χ3v) is 4.07. The zero-order valence-electron chi connectivity index (χ0n) is 13.5. The lowest BCUT2D eigenvalue weighted by Crippen LogP contribution is -2.25. The Hall–Kier alpha value is -1.60. The molecule has 0 heterocycles. The van der Waals surface area contributed by atoms with E-state index in [1.165, 1.54) is 22.3 Å². The summed E-state index contributed by atoms with van der Waals surface area (Å²) in [5.74, 6) is 0.588. The maximum atomic E-state index is 6.31. The smallest absolute Gasteiger partial charge is 0.0120 e. The molecule has 0 aliphatic carbocycles. The summed E-state index contributed by atoms with van der Waals surface area (Å²) in [7, 11) is 0. The van der Waals surface area contributed by atoms with E-state index < -0.39 is 0 Å². The molecule has 2 aromatic carbocycles. The van der Waals surface area contributed by atoms with Crippen LogP contribution in [0.1, 0.15) is 48.9 Å². The Morgan fingerprint density at radius 1 is 0.762 bits per heavy atom. The fourth-order valence-electron chi connectivity index (χ4n) is 2.63. The molecule has 2 aromatic rings. The van der Waals surface area contributed by atoms with Crippen LogP contribution in [0.15, 0.2) is 48.5 Å². The highest BCUT2D eigenvalue weighted by Gasteiger charge is 2.06. The number of hydrogen-bond donors (Lipinski definition) is 1. The normalized spacial score (nSPS) is 12.6. The van der Waals surface area contributed by atoms with Crippen molar-refractivity contribution < 1.29 is 0 Å². The second-order valence-electron chi connectivity index (χ2n) is 6.23. The highest BCUT2D eigenvalue weighted by molar-refractivity contribution is 5.26. The van der Waals surface area contributed by atoms with E-state index in [1.54, 1.807) is 0 Å². The molecule has 0 fully saturated rings. The highest BCUT2D eigenvalue weighted by Crippen LogP contribution is 2.16. The van der Waals surface area contributed by atoms with E-state index in [4.69, 9.17) is 5.73 Å². The number of rotatable bonds is 6. The summed E-state index contributed by atoms with van der Waals surface area (Å²) in [6.07, 6.45) is 2.97. The van der Waals surface area contributed by atoms with Crippen molar-refractivity contribution in [1.29, 1.82) is 0 Å².